The summed E-state index contributed by atoms with van der Waals surface area (Å²) in [5.74, 6) is 0.582. The summed E-state index contributed by atoms with van der Waals surface area (Å²) in [6, 6.07) is 5.20. The number of hydrogen-bond donors (Lipinski definition) is 0. The van der Waals surface area contributed by atoms with E-state index in [1.807, 2.05) is 0 Å². The lowest BCUT2D eigenvalue weighted by molar-refractivity contribution is 1.00. The van der Waals surface area contributed by atoms with Crippen LogP contribution in [0.1, 0.15) is 0 Å². The van der Waals surface area contributed by atoms with Gasteiger partial charge in [0.1, 0.15) is 11.9 Å². The van der Waals surface area contributed by atoms with Gasteiger partial charge in [0, 0.05) is 12.4 Å². The Morgan fingerprint density at radius 3 is 2.67 bits per heavy atom. The molecule has 2 aromatic heterocycles. The fourth-order valence-electron chi connectivity index (χ4n) is 0.816. The van der Waals surface area contributed by atoms with Crippen LogP contribution in [0.2, 0.25) is 0 Å². The molecule has 2 rings (SSSR count). The van der Waals surface area contributed by atoms with Crippen LogP contribution in [0.25, 0.3) is 11.5 Å². The van der Waals surface area contributed by atoms with Gasteiger partial charge in [-0.15, -0.1) is 10.2 Å². The third kappa shape index (κ3) is 1.27. The van der Waals surface area contributed by atoms with Crippen LogP contribution in [0.5, 0.6) is 0 Å². The third-order valence-electron chi connectivity index (χ3n) is 1.33. The molecule has 2 aromatic rings. The summed E-state index contributed by atoms with van der Waals surface area (Å²) in [7, 11) is 0. The van der Waals surface area contributed by atoms with Gasteiger partial charge >= 0.3 is 0 Å². The van der Waals surface area contributed by atoms with Gasteiger partial charge in [-0.2, -0.15) is 0 Å². The van der Waals surface area contributed by atoms with Gasteiger partial charge in [-0.05, 0) is 18.2 Å². The number of nitrogens with zero attached hydrogens (tertiary/aromatic N) is 4. The molecule has 0 aliphatic heterocycles. The average Bonchev–Trinajstić information content (AvgIpc) is 2.21. The van der Waals surface area contributed by atoms with Crippen LogP contribution in [-0.2, 0) is 0 Å². The smallest absolute Gasteiger partial charge is 0.180 e. The number of aromatic nitrogens is 4. The zero-order valence-electron chi connectivity index (χ0n) is 6.18. The molecule has 0 saturated heterocycles. The Bertz CT molecular complexity index is 308. The van der Waals surface area contributed by atoms with Gasteiger partial charge in [0.15, 0.2) is 5.82 Å². The molecule has 2 heterocycles. The molecular formula is C8H5N4. The first-order valence-corrected chi connectivity index (χ1v) is 3.44. The number of hydrogen-bond acceptors (Lipinski definition) is 4. The summed E-state index contributed by atoms with van der Waals surface area (Å²) in [5.41, 5.74) is 0.661. The van der Waals surface area contributed by atoms with E-state index in [0.717, 1.165) is 0 Å². The van der Waals surface area contributed by atoms with Crippen LogP contribution >= 0.6 is 0 Å². The van der Waals surface area contributed by atoms with Crippen molar-refractivity contribution in [2.24, 2.45) is 0 Å². The molecule has 4 heteroatoms. The van der Waals surface area contributed by atoms with Crippen molar-refractivity contribution < 1.29 is 0 Å². The van der Waals surface area contributed by atoms with Gasteiger partial charge in [0.2, 0.25) is 0 Å². The lowest BCUT2D eigenvalue weighted by atomic mass is 10.4. The monoisotopic (exact) mass is 157 g/mol. The fraction of sp³-hybridized carbons (Fsp3) is 0. The minimum atomic E-state index is 0.582. The molecular weight excluding hydrogens is 152 g/mol. The predicted molar refractivity (Wildman–Crippen MR) is 41.9 cm³/mol. The molecule has 0 N–H and O–H groups in total. The SMILES string of the molecule is [c]1ccc(-c2ncccn2)nn1. The summed E-state index contributed by atoms with van der Waals surface area (Å²) >= 11 is 0. The second-order valence-corrected chi connectivity index (χ2v) is 2.12. The predicted octanol–water partition coefficient (Wildman–Crippen LogP) is 0.734. The van der Waals surface area contributed by atoms with Crippen molar-refractivity contribution >= 4 is 0 Å². The van der Waals surface area contributed by atoms with Crippen LogP contribution in [0.3, 0.4) is 0 Å². The largest absolute Gasteiger partial charge is 0.235 e. The van der Waals surface area contributed by atoms with Crippen LogP contribution in [0, 0.1) is 6.20 Å². The minimum absolute atomic E-state index is 0.582. The summed E-state index contributed by atoms with van der Waals surface area (Å²) in [6.07, 6.45) is 5.92. The van der Waals surface area contributed by atoms with Gasteiger partial charge in [0.25, 0.3) is 0 Å². The van der Waals surface area contributed by atoms with Crippen LogP contribution < -0.4 is 0 Å². The second-order valence-electron chi connectivity index (χ2n) is 2.12. The zero-order valence-corrected chi connectivity index (χ0v) is 6.18. The van der Waals surface area contributed by atoms with Crippen molar-refractivity contribution in [1.29, 1.82) is 0 Å². The van der Waals surface area contributed by atoms with Gasteiger partial charge < -0.3 is 0 Å². The first kappa shape index (κ1) is 6.84. The Morgan fingerprint density at radius 1 is 1.17 bits per heavy atom. The molecule has 0 amide bonds. The Morgan fingerprint density at radius 2 is 2.00 bits per heavy atom. The van der Waals surface area contributed by atoms with E-state index in [1.54, 1.807) is 30.6 Å². The van der Waals surface area contributed by atoms with Gasteiger partial charge in [-0.3, -0.25) is 0 Å². The van der Waals surface area contributed by atoms with Crippen LogP contribution in [0.4, 0.5) is 0 Å². The maximum absolute atomic E-state index is 4.02. The van der Waals surface area contributed by atoms with Crippen molar-refractivity contribution in [1.82, 2.24) is 20.2 Å². The van der Waals surface area contributed by atoms with E-state index in [-0.39, 0.29) is 0 Å². The third-order valence-corrected chi connectivity index (χ3v) is 1.33. The topological polar surface area (TPSA) is 51.6 Å². The Balaban J connectivity index is 2.46. The molecule has 57 valence electrons. The molecule has 0 aromatic carbocycles. The molecule has 0 atom stereocenters. The van der Waals surface area contributed by atoms with E-state index >= 15 is 0 Å². The maximum atomic E-state index is 4.02. The summed E-state index contributed by atoms with van der Waals surface area (Å²) in [6.45, 7) is 0. The van der Waals surface area contributed by atoms with Crippen molar-refractivity contribution in [3.63, 3.8) is 0 Å². The van der Waals surface area contributed by atoms with E-state index in [1.165, 1.54) is 0 Å². The molecule has 1 radical (unpaired) electrons. The Labute approximate surface area is 69.3 Å². The van der Waals surface area contributed by atoms with Crippen molar-refractivity contribution in [3.8, 4) is 11.5 Å². The highest BCUT2D eigenvalue weighted by atomic mass is 15.1. The molecule has 0 unspecified atom stereocenters. The molecule has 4 nitrogen and oxygen atoms in total. The standard InChI is InChI=1S/C8H5N4/c1-3-7(12-11-6-1)8-9-4-2-5-10-8/h1-5H. The van der Waals surface area contributed by atoms with Gasteiger partial charge in [0.05, 0.1) is 0 Å². The fourth-order valence-corrected chi connectivity index (χ4v) is 0.816. The zero-order chi connectivity index (χ0) is 8.23. The molecule has 0 spiro atoms. The highest BCUT2D eigenvalue weighted by molar-refractivity contribution is 5.46. The van der Waals surface area contributed by atoms with E-state index in [2.05, 4.69) is 26.4 Å². The Kier molecular flexibility index (Phi) is 1.74. The summed E-state index contributed by atoms with van der Waals surface area (Å²) in [4.78, 5) is 8.04. The molecule has 12 heavy (non-hydrogen) atoms. The van der Waals surface area contributed by atoms with Crippen LogP contribution in [0.15, 0.2) is 30.6 Å². The Hall–Kier alpha value is -1.84. The highest BCUT2D eigenvalue weighted by Gasteiger charge is 1.98. The quantitative estimate of drug-likeness (QED) is 0.612. The summed E-state index contributed by atoms with van der Waals surface area (Å²) in [5, 5.41) is 7.42. The molecule has 0 bridgehead atoms. The first-order chi connectivity index (χ1) is 5.97. The van der Waals surface area contributed by atoms with E-state index in [9.17, 15) is 0 Å². The molecule has 0 saturated carbocycles. The second kappa shape index (κ2) is 3.04. The van der Waals surface area contributed by atoms with E-state index in [0.29, 0.717) is 11.5 Å². The highest BCUT2D eigenvalue weighted by Crippen LogP contribution is 2.06. The van der Waals surface area contributed by atoms with Gasteiger partial charge in [-0.1, -0.05) is 0 Å². The van der Waals surface area contributed by atoms with E-state index < -0.39 is 0 Å². The lowest BCUT2D eigenvalue weighted by Gasteiger charge is -1.93. The molecule has 0 aliphatic rings. The minimum Gasteiger partial charge on any atom is -0.235 e. The number of rotatable bonds is 1. The average molecular weight is 157 g/mol. The van der Waals surface area contributed by atoms with Crippen molar-refractivity contribution in [3.05, 3.63) is 36.8 Å². The normalized spacial score (nSPS) is 9.67. The molecule has 0 fully saturated rings. The maximum Gasteiger partial charge on any atom is 0.180 e. The first-order valence-electron chi connectivity index (χ1n) is 3.44. The molecule has 0 aliphatic carbocycles. The van der Waals surface area contributed by atoms with Crippen LogP contribution in [-0.4, -0.2) is 20.2 Å². The van der Waals surface area contributed by atoms with Gasteiger partial charge in [-0.25, -0.2) is 9.97 Å². The van der Waals surface area contributed by atoms with E-state index in [4.69, 9.17) is 0 Å². The lowest BCUT2D eigenvalue weighted by Crippen LogP contribution is -1.90. The summed E-state index contributed by atoms with van der Waals surface area (Å²) < 4.78 is 0. The van der Waals surface area contributed by atoms with Crippen molar-refractivity contribution in [2.75, 3.05) is 0 Å². The van der Waals surface area contributed by atoms with Crippen molar-refractivity contribution in [2.45, 2.75) is 0 Å².